The normalized spacial score (nSPS) is 22.4. The first kappa shape index (κ1) is 25.5. The third kappa shape index (κ3) is 5.32. The fourth-order valence-electron chi connectivity index (χ4n) is 3.70. The van der Waals surface area contributed by atoms with E-state index in [1.54, 1.807) is 24.3 Å². The predicted molar refractivity (Wildman–Crippen MR) is 128 cm³/mol. The standard InChI is InChI=1S/C24H32N2O7Si/c1-23(2,3)34(4,5)33-19-11-14-24(15-12-19)20(13-16-25(29)30)32-22(28)26(24)21(27)31-17-18-9-7-6-8-10-18/h6-12,14,20H,13,15-17H2,1-5H3/t20-,24-/m1/s1. The van der Waals surface area contributed by atoms with E-state index in [0.29, 0.717) is 5.76 Å². The first-order chi connectivity index (χ1) is 15.9. The topological polar surface area (TPSA) is 108 Å². The number of allylic oxidation sites excluding steroid dienone is 1. The second kappa shape index (κ2) is 9.61. The molecule has 9 nitrogen and oxygen atoms in total. The number of nitro groups is 1. The molecule has 1 aliphatic carbocycles. The largest absolute Gasteiger partial charge is 0.544 e. The van der Waals surface area contributed by atoms with Gasteiger partial charge in [0.2, 0.25) is 14.9 Å². The molecule has 10 heteroatoms. The summed E-state index contributed by atoms with van der Waals surface area (Å²) < 4.78 is 17.2. The molecule has 0 N–H and O–H groups in total. The highest BCUT2D eigenvalue weighted by Crippen LogP contribution is 2.43. The summed E-state index contributed by atoms with van der Waals surface area (Å²) in [5.41, 5.74) is -0.451. The summed E-state index contributed by atoms with van der Waals surface area (Å²) in [4.78, 5) is 37.2. The second-order valence-electron chi connectivity index (χ2n) is 10.1. The van der Waals surface area contributed by atoms with Gasteiger partial charge in [0.1, 0.15) is 18.2 Å². The molecule has 2 amide bonds. The van der Waals surface area contributed by atoms with Crippen molar-refractivity contribution in [3.63, 3.8) is 0 Å². The molecule has 0 unspecified atom stereocenters. The third-order valence-corrected chi connectivity index (χ3v) is 11.1. The van der Waals surface area contributed by atoms with Crippen molar-refractivity contribution >= 4 is 20.5 Å². The maximum absolute atomic E-state index is 13.0. The number of hydrogen-bond acceptors (Lipinski definition) is 7. The van der Waals surface area contributed by atoms with E-state index < -0.39 is 43.6 Å². The van der Waals surface area contributed by atoms with E-state index >= 15 is 0 Å². The van der Waals surface area contributed by atoms with Crippen LogP contribution in [-0.2, 0) is 20.5 Å². The molecule has 0 aromatic heterocycles. The number of hydrogen-bond donors (Lipinski definition) is 0. The molecule has 1 aromatic carbocycles. The van der Waals surface area contributed by atoms with Crippen molar-refractivity contribution in [3.8, 4) is 0 Å². The van der Waals surface area contributed by atoms with Gasteiger partial charge in [-0.25, -0.2) is 9.59 Å². The summed E-state index contributed by atoms with van der Waals surface area (Å²) in [6.07, 6.45) is 2.80. The van der Waals surface area contributed by atoms with Crippen molar-refractivity contribution in [2.75, 3.05) is 6.54 Å². The molecule has 1 spiro atoms. The Morgan fingerprint density at radius 1 is 1.29 bits per heavy atom. The Morgan fingerprint density at radius 2 is 1.97 bits per heavy atom. The molecule has 1 aromatic rings. The molecule has 0 radical (unpaired) electrons. The molecule has 0 bridgehead atoms. The van der Waals surface area contributed by atoms with E-state index in [1.807, 2.05) is 24.3 Å². The Labute approximate surface area is 200 Å². The third-order valence-electron chi connectivity index (χ3n) is 6.71. The highest BCUT2D eigenvalue weighted by Gasteiger charge is 2.57. The van der Waals surface area contributed by atoms with Gasteiger partial charge in [0.15, 0.2) is 0 Å². The number of benzene rings is 1. The molecule has 2 atom stereocenters. The lowest BCUT2D eigenvalue weighted by molar-refractivity contribution is -0.482. The number of amides is 2. The maximum Gasteiger partial charge on any atom is 0.420 e. The molecule has 0 saturated carbocycles. The van der Waals surface area contributed by atoms with E-state index in [2.05, 4.69) is 33.9 Å². The van der Waals surface area contributed by atoms with Gasteiger partial charge >= 0.3 is 12.2 Å². The van der Waals surface area contributed by atoms with E-state index in [4.69, 9.17) is 13.9 Å². The Balaban J connectivity index is 1.83. The number of carbonyl (C=O) groups is 2. The summed E-state index contributed by atoms with van der Waals surface area (Å²) in [5.74, 6) is 0.655. The van der Waals surface area contributed by atoms with Crippen LogP contribution < -0.4 is 0 Å². The molecule has 34 heavy (non-hydrogen) atoms. The van der Waals surface area contributed by atoms with E-state index in [0.717, 1.165) is 10.5 Å². The molecule has 184 valence electrons. The van der Waals surface area contributed by atoms with Crippen molar-refractivity contribution in [3.05, 3.63) is 70.0 Å². The van der Waals surface area contributed by atoms with Crippen molar-refractivity contribution in [2.45, 2.75) is 70.0 Å². The van der Waals surface area contributed by atoms with Crippen molar-refractivity contribution in [1.82, 2.24) is 4.90 Å². The molecule has 1 saturated heterocycles. The Hall–Kier alpha value is -3.14. The first-order valence-electron chi connectivity index (χ1n) is 11.3. The lowest BCUT2D eigenvalue weighted by Gasteiger charge is -2.39. The Morgan fingerprint density at radius 3 is 2.53 bits per heavy atom. The van der Waals surface area contributed by atoms with Gasteiger partial charge < -0.3 is 13.9 Å². The van der Waals surface area contributed by atoms with Crippen LogP contribution in [0.5, 0.6) is 0 Å². The minimum Gasteiger partial charge on any atom is -0.544 e. The van der Waals surface area contributed by atoms with Crippen LogP contribution in [0, 0.1) is 10.1 Å². The number of ether oxygens (including phenoxy) is 2. The molecule has 1 fully saturated rings. The van der Waals surface area contributed by atoms with Crippen LogP contribution in [0.25, 0.3) is 0 Å². The maximum atomic E-state index is 13.0. The number of carbonyl (C=O) groups excluding carboxylic acids is 2. The van der Waals surface area contributed by atoms with E-state index in [9.17, 15) is 19.7 Å². The summed E-state index contributed by atoms with van der Waals surface area (Å²) >= 11 is 0. The summed E-state index contributed by atoms with van der Waals surface area (Å²) in [6, 6.07) is 9.10. The van der Waals surface area contributed by atoms with Crippen molar-refractivity contribution in [2.24, 2.45) is 0 Å². The highest BCUT2D eigenvalue weighted by molar-refractivity contribution is 6.74. The van der Waals surface area contributed by atoms with E-state index in [1.165, 1.54) is 0 Å². The van der Waals surface area contributed by atoms with Crippen LogP contribution in [0.2, 0.25) is 18.1 Å². The predicted octanol–water partition coefficient (Wildman–Crippen LogP) is 5.42. The SMILES string of the molecule is CC(C)(C)[Si](C)(C)OC1=CC[C@]2(C=C1)[C@@H](CC[N+](=O)[O-])OC(=O)N2C(=O)OCc1ccccc1. The van der Waals surface area contributed by atoms with Crippen LogP contribution in [0.4, 0.5) is 9.59 Å². The van der Waals surface area contributed by atoms with Crippen molar-refractivity contribution < 1.29 is 28.4 Å². The van der Waals surface area contributed by atoms with Gasteiger partial charge in [-0.2, -0.15) is 4.90 Å². The minimum absolute atomic E-state index is 0.00915. The Bertz CT molecular complexity index is 1000. The minimum atomic E-state index is -2.11. The fraction of sp³-hybridized carbons (Fsp3) is 0.500. The van der Waals surface area contributed by atoms with Gasteiger partial charge in [-0.05, 0) is 35.8 Å². The lowest BCUT2D eigenvalue weighted by atomic mass is 9.83. The van der Waals surface area contributed by atoms with Crippen LogP contribution in [0.3, 0.4) is 0 Å². The Kier molecular flexibility index (Phi) is 7.20. The summed E-state index contributed by atoms with van der Waals surface area (Å²) in [7, 11) is -2.11. The van der Waals surface area contributed by atoms with E-state index in [-0.39, 0.29) is 24.5 Å². The second-order valence-corrected chi connectivity index (χ2v) is 14.8. The first-order valence-corrected chi connectivity index (χ1v) is 14.2. The van der Waals surface area contributed by atoms with Crippen LogP contribution in [-0.4, -0.2) is 48.5 Å². The van der Waals surface area contributed by atoms with Gasteiger partial charge in [0.05, 0.1) is 12.2 Å². The average molecular weight is 489 g/mol. The smallest absolute Gasteiger partial charge is 0.420 e. The van der Waals surface area contributed by atoms with Gasteiger partial charge in [0, 0.05) is 11.3 Å². The zero-order chi connectivity index (χ0) is 25.1. The van der Waals surface area contributed by atoms with Crippen LogP contribution >= 0.6 is 0 Å². The number of cyclic esters (lactones) is 1. The zero-order valence-corrected chi connectivity index (χ0v) is 21.3. The summed E-state index contributed by atoms with van der Waals surface area (Å²) in [6.45, 7) is 10.2. The number of nitrogens with zero attached hydrogens (tertiary/aromatic N) is 2. The molecular weight excluding hydrogens is 456 g/mol. The van der Waals surface area contributed by atoms with Gasteiger partial charge in [-0.15, -0.1) is 0 Å². The molecule has 2 aliphatic rings. The average Bonchev–Trinajstić information content (AvgIpc) is 3.03. The molecule has 1 aliphatic heterocycles. The molecule has 3 rings (SSSR count). The fourth-order valence-corrected chi connectivity index (χ4v) is 4.75. The molecule has 1 heterocycles. The van der Waals surface area contributed by atoms with Crippen LogP contribution in [0.15, 0.2) is 54.3 Å². The van der Waals surface area contributed by atoms with Gasteiger partial charge in [-0.1, -0.05) is 57.2 Å². The van der Waals surface area contributed by atoms with Gasteiger partial charge in [-0.3, -0.25) is 10.1 Å². The van der Waals surface area contributed by atoms with Crippen LogP contribution in [0.1, 0.15) is 39.2 Å². The quantitative estimate of drug-likeness (QED) is 0.287. The monoisotopic (exact) mass is 488 g/mol. The highest BCUT2D eigenvalue weighted by atomic mass is 28.4. The van der Waals surface area contributed by atoms with Gasteiger partial charge in [0.25, 0.3) is 0 Å². The zero-order valence-electron chi connectivity index (χ0n) is 20.3. The summed E-state index contributed by atoms with van der Waals surface area (Å²) in [5, 5.41) is 11.0. The number of imide groups is 1. The number of rotatable bonds is 7. The van der Waals surface area contributed by atoms with Crippen molar-refractivity contribution in [1.29, 1.82) is 0 Å². The molecular formula is C24H32N2O7Si. The lowest BCUT2D eigenvalue weighted by Crippen LogP contribution is -2.53.